The molecule has 25 heavy (non-hydrogen) atoms. The zero-order chi connectivity index (χ0) is 17.4. The lowest BCUT2D eigenvalue weighted by Gasteiger charge is -2.34. The summed E-state index contributed by atoms with van der Waals surface area (Å²) in [6, 6.07) is 10.2. The van der Waals surface area contributed by atoms with E-state index >= 15 is 0 Å². The predicted molar refractivity (Wildman–Crippen MR) is 97.2 cm³/mol. The standard InChI is InChI=1S/C20H23N3O2/c1-14-3-4-16(13-21-14)18-11-15-5-6-17(12-19(15)25-20(18)24)23-9-7-22(2)8-10-23/h3-6,12-13,18H,7-11H2,1-2H3. The van der Waals surface area contributed by atoms with Gasteiger partial charge in [0.2, 0.25) is 0 Å². The SMILES string of the molecule is Cc1ccc(C2Cc3ccc(N4CCN(C)CC4)cc3OC2=O)cn1. The molecular formula is C20H23N3O2. The van der Waals surface area contributed by atoms with Crippen LogP contribution >= 0.6 is 0 Å². The Bertz CT molecular complexity index is 780. The van der Waals surface area contributed by atoms with E-state index in [1.54, 1.807) is 6.20 Å². The van der Waals surface area contributed by atoms with E-state index in [2.05, 4.69) is 34.0 Å². The van der Waals surface area contributed by atoms with E-state index in [1.807, 2.05) is 25.1 Å². The van der Waals surface area contributed by atoms with Gasteiger partial charge in [0.15, 0.2) is 0 Å². The van der Waals surface area contributed by atoms with Gasteiger partial charge in [0.25, 0.3) is 0 Å². The highest BCUT2D eigenvalue weighted by Gasteiger charge is 2.30. The summed E-state index contributed by atoms with van der Waals surface area (Å²) < 4.78 is 5.68. The zero-order valence-electron chi connectivity index (χ0n) is 14.7. The third kappa shape index (κ3) is 3.24. The molecule has 0 amide bonds. The summed E-state index contributed by atoms with van der Waals surface area (Å²) in [5.74, 6) is 0.251. The molecule has 2 aliphatic heterocycles. The molecule has 1 atom stereocenters. The fourth-order valence-electron chi connectivity index (χ4n) is 3.49. The molecule has 0 radical (unpaired) electrons. The highest BCUT2D eigenvalue weighted by Crippen LogP contribution is 2.36. The minimum Gasteiger partial charge on any atom is -0.426 e. The van der Waals surface area contributed by atoms with E-state index in [0.717, 1.165) is 48.7 Å². The number of pyridine rings is 1. The number of fused-ring (bicyclic) bond motifs is 1. The second-order valence-corrected chi connectivity index (χ2v) is 6.99. The first-order chi connectivity index (χ1) is 12.1. The molecule has 0 N–H and O–H groups in total. The highest BCUT2D eigenvalue weighted by atomic mass is 16.5. The number of likely N-dealkylation sites (N-methyl/N-ethyl adjacent to an activating group) is 1. The molecular weight excluding hydrogens is 314 g/mol. The van der Waals surface area contributed by atoms with Gasteiger partial charge in [-0.15, -0.1) is 0 Å². The van der Waals surface area contributed by atoms with Crippen molar-refractivity contribution in [3.8, 4) is 5.75 Å². The number of piperazine rings is 1. The molecule has 3 heterocycles. The maximum absolute atomic E-state index is 12.5. The lowest BCUT2D eigenvalue weighted by molar-refractivity contribution is -0.137. The van der Waals surface area contributed by atoms with Gasteiger partial charge in [-0.2, -0.15) is 0 Å². The molecule has 4 rings (SSSR count). The molecule has 2 aliphatic rings. The van der Waals surface area contributed by atoms with Gasteiger partial charge in [0, 0.05) is 49.8 Å². The predicted octanol–water partition coefficient (Wildman–Crippen LogP) is 2.39. The number of anilines is 1. The van der Waals surface area contributed by atoms with Crippen LogP contribution in [0.25, 0.3) is 0 Å². The average molecular weight is 337 g/mol. The number of hydrogen-bond donors (Lipinski definition) is 0. The van der Waals surface area contributed by atoms with Gasteiger partial charge in [0.05, 0.1) is 5.92 Å². The minimum atomic E-state index is -0.268. The Kier molecular flexibility index (Phi) is 4.17. The Morgan fingerprint density at radius 2 is 1.92 bits per heavy atom. The van der Waals surface area contributed by atoms with Crippen LogP contribution in [0.3, 0.4) is 0 Å². The first kappa shape index (κ1) is 16.1. The van der Waals surface area contributed by atoms with E-state index in [-0.39, 0.29) is 11.9 Å². The Hall–Kier alpha value is -2.40. The molecule has 1 aromatic heterocycles. The lowest BCUT2D eigenvalue weighted by Crippen LogP contribution is -2.44. The second kappa shape index (κ2) is 6.48. The van der Waals surface area contributed by atoms with Crippen molar-refractivity contribution < 1.29 is 9.53 Å². The molecule has 1 saturated heterocycles. The van der Waals surface area contributed by atoms with E-state index in [9.17, 15) is 4.79 Å². The number of hydrogen-bond acceptors (Lipinski definition) is 5. The summed E-state index contributed by atoms with van der Waals surface area (Å²) in [4.78, 5) is 21.5. The van der Waals surface area contributed by atoms with Crippen LogP contribution in [0.5, 0.6) is 5.75 Å². The number of carbonyl (C=O) groups excluding carboxylic acids is 1. The van der Waals surface area contributed by atoms with Crippen LogP contribution in [0, 0.1) is 6.92 Å². The molecule has 2 aromatic rings. The molecule has 130 valence electrons. The third-order valence-corrected chi connectivity index (χ3v) is 5.17. The molecule has 1 aromatic carbocycles. The van der Waals surface area contributed by atoms with Crippen molar-refractivity contribution in [3.63, 3.8) is 0 Å². The molecule has 5 nitrogen and oxygen atoms in total. The highest BCUT2D eigenvalue weighted by molar-refractivity contribution is 5.83. The van der Waals surface area contributed by atoms with Gasteiger partial charge >= 0.3 is 5.97 Å². The van der Waals surface area contributed by atoms with Gasteiger partial charge in [-0.25, -0.2) is 0 Å². The maximum Gasteiger partial charge on any atom is 0.319 e. The summed E-state index contributed by atoms with van der Waals surface area (Å²) in [6.07, 6.45) is 2.45. The monoisotopic (exact) mass is 337 g/mol. The number of aryl methyl sites for hydroxylation is 1. The van der Waals surface area contributed by atoms with Gasteiger partial charge in [-0.1, -0.05) is 12.1 Å². The Morgan fingerprint density at radius 3 is 2.64 bits per heavy atom. The lowest BCUT2D eigenvalue weighted by atomic mass is 9.90. The number of nitrogens with zero attached hydrogens (tertiary/aromatic N) is 3. The van der Waals surface area contributed by atoms with E-state index < -0.39 is 0 Å². The van der Waals surface area contributed by atoms with Crippen LogP contribution in [-0.2, 0) is 11.2 Å². The van der Waals surface area contributed by atoms with Crippen molar-refractivity contribution in [2.75, 3.05) is 38.1 Å². The fourth-order valence-corrected chi connectivity index (χ4v) is 3.49. The number of esters is 1. The van der Waals surface area contributed by atoms with Gasteiger partial charge in [-0.05, 0) is 43.7 Å². The van der Waals surface area contributed by atoms with Crippen molar-refractivity contribution >= 4 is 11.7 Å². The Morgan fingerprint density at radius 1 is 1.12 bits per heavy atom. The first-order valence-electron chi connectivity index (χ1n) is 8.81. The van der Waals surface area contributed by atoms with Crippen LogP contribution in [0.15, 0.2) is 36.5 Å². The van der Waals surface area contributed by atoms with Crippen molar-refractivity contribution in [3.05, 3.63) is 53.3 Å². The third-order valence-electron chi connectivity index (χ3n) is 5.17. The van der Waals surface area contributed by atoms with Gasteiger partial charge in [0.1, 0.15) is 5.75 Å². The number of carbonyl (C=O) groups is 1. The number of aromatic nitrogens is 1. The Balaban J connectivity index is 1.56. The zero-order valence-corrected chi connectivity index (χ0v) is 14.7. The summed E-state index contributed by atoms with van der Waals surface area (Å²) in [6.45, 7) is 6.05. The fraction of sp³-hybridized carbons (Fsp3) is 0.400. The van der Waals surface area contributed by atoms with Crippen molar-refractivity contribution in [1.29, 1.82) is 0 Å². The quantitative estimate of drug-likeness (QED) is 0.622. The molecule has 0 aliphatic carbocycles. The summed E-state index contributed by atoms with van der Waals surface area (Å²) in [7, 11) is 2.14. The van der Waals surface area contributed by atoms with Crippen molar-refractivity contribution in [2.24, 2.45) is 0 Å². The smallest absolute Gasteiger partial charge is 0.319 e. The van der Waals surface area contributed by atoms with Crippen LogP contribution in [-0.4, -0.2) is 49.1 Å². The van der Waals surface area contributed by atoms with E-state index in [1.165, 1.54) is 0 Å². The summed E-state index contributed by atoms with van der Waals surface area (Å²) in [5.41, 5.74) is 4.09. The number of rotatable bonds is 2. The van der Waals surface area contributed by atoms with Crippen molar-refractivity contribution in [1.82, 2.24) is 9.88 Å². The normalized spacial score (nSPS) is 21.0. The van der Waals surface area contributed by atoms with Crippen LogP contribution in [0.2, 0.25) is 0 Å². The van der Waals surface area contributed by atoms with E-state index in [4.69, 9.17) is 4.74 Å². The largest absolute Gasteiger partial charge is 0.426 e. The Labute approximate surface area is 148 Å². The molecule has 1 unspecified atom stereocenters. The van der Waals surface area contributed by atoms with Crippen LogP contribution in [0.1, 0.15) is 22.7 Å². The average Bonchev–Trinajstić information content (AvgIpc) is 2.62. The number of ether oxygens (including phenoxy) is 1. The van der Waals surface area contributed by atoms with E-state index in [0.29, 0.717) is 12.2 Å². The molecule has 5 heteroatoms. The minimum absolute atomic E-state index is 0.186. The summed E-state index contributed by atoms with van der Waals surface area (Å²) in [5, 5.41) is 0. The van der Waals surface area contributed by atoms with Crippen LogP contribution in [0.4, 0.5) is 5.69 Å². The topological polar surface area (TPSA) is 45.7 Å². The molecule has 0 spiro atoms. The van der Waals surface area contributed by atoms with Crippen LogP contribution < -0.4 is 9.64 Å². The summed E-state index contributed by atoms with van der Waals surface area (Å²) >= 11 is 0. The van der Waals surface area contributed by atoms with Gasteiger partial charge < -0.3 is 14.5 Å². The molecule has 1 fully saturated rings. The first-order valence-corrected chi connectivity index (χ1v) is 8.81. The molecule has 0 saturated carbocycles. The van der Waals surface area contributed by atoms with Gasteiger partial charge in [-0.3, -0.25) is 9.78 Å². The maximum atomic E-state index is 12.5. The number of benzene rings is 1. The van der Waals surface area contributed by atoms with Crippen molar-refractivity contribution in [2.45, 2.75) is 19.3 Å². The second-order valence-electron chi connectivity index (χ2n) is 6.99. The molecule has 0 bridgehead atoms.